The molecule has 0 bridgehead atoms. The minimum absolute atomic E-state index is 0.00838. The Hall–Kier alpha value is -1.18. The lowest BCUT2D eigenvalue weighted by molar-refractivity contribution is 0.280. The summed E-state index contributed by atoms with van der Waals surface area (Å²) >= 11 is 0. The van der Waals surface area contributed by atoms with Crippen LogP contribution in [0, 0.1) is 18.7 Å². The Labute approximate surface area is 119 Å². The van der Waals surface area contributed by atoms with Crippen LogP contribution in [0.4, 0.5) is 10.1 Å². The molecule has 5 nitrogen and oxygen atoms in total. The Morgan fingerprint density at radius 1 is 1.40 bits per heavy atom. The maximum Gasteiger partial charge on any atom is 0.301 e. The predicted molar refractivity (Wildman–Crippen MR) is 77.0 cm³/mol. The fourth-order valence-electron chi connectivity index (χ4n) is 2.31. The Balaban J connectivity index is 2.10. The van der Waals surface area contributed by atoms with Crippen molar-refractivity contribution < 1.29 is 12.8 Å². The van der Waals surface area contributed by atoms with Gasteiger partial charge in [-0.1, -0.05) is 6.07 Å². The van der Waals surface area contributed by atoms with Crippen LogP contribution < -0.4 is 10.5 Å². The summed E-state index contributed by atoms with van der Waals surface area (Å²) in [7, 11) is -3.70. The maximum atomic E-state index is 13.6. The molecule has 1 aliphatic rings. The van der Waals surface area contributed by atoms with Crippen LogP contribution in [-0.2, 0) is 10.2 Å². The van der Waals surface area contributed by atoms with Crippen LogP contribution in [0.2, 0.25) is 0 Å². The molecule has 0 aromatic heterocycles. The summed E-state index contributed by atoms with van der Waals surface area (Å²) in [4.78, 5) is 0. The highest BCUT2D eigenvalue weighted by molar-refractivity contribution is 7.90. The van der Waals surface area contributed by atoms with Crippen molar-refractivity contribution in [2.75, 3.05) is 24.4 Å². The Morgan fingerprint density at radius 3 is 2.65 bits per heavy atom. The Morgan fingerprint density at radius 2 is 2.05 bits per heavy atom. The molecular formula is C13H20FN3O2S. The van der Waals surface area contributed by atoms with Gasteiger partial charge in [-0.05, 0) is 49.9 Å². The molecule has 1 saturated heterocycles. The highest BCUT2D eigenvalue weighted by atomic mass is 32.2. The van der Waals surface area contributed by atoms with E-state index in [0.717, 1.165) is 18.4 Å². The van der Waals surface area contributed by atoms with Gasteiger partial charge in [0.2, 0.25) is 0 Å². The second kappa shape index (κ2) is 6.07. The van der Waals surface area contributed by atoms with Gasteiger partial charge in [0.25, 0.3) is 0 Å². The number of halogens is 1. The highest BCUT2D eigenvalue weighted by Crippen LogP contribution is 2.22. The fraction of sp³-hybridized carbons (Fsp3) is 0.538. The Kier molecular flexibility index (Phi) is 4.62. The minimum atomic E-state index is -3.70. The number of nitrogens with one attached hydrogen (secondary N) is 1. The molecule has 1 fully saturated rings. The third-order valence-electron chi connectivity index (χ3n) is 3.61. The van der Waals surface area contributed by atoms with Crippen molar-refractivity contribution in [3.8, 4) is 0 Å². The quantitative estimate of drug-likeness (QED) is 0.884. The number of hydrogen-bond acceptors (Lipinski definition) is 3. The number of rotatable bonds is 4. The van der Waals surface area contributed by atoms with Crippen LogP contribution in [0.5, 0.6) is 0 Å². The van der Waals surface area contributed by atoms with Crippen molar-refractivity contribution >= 4 is 15.9 Å². The number of anilines is 1. The van der Waals surface area contributed by atoms with Crippen LogP contribution in [0.3, 0.4) is 0 Å². The molecule has 1 aliphatic heterocycles. The third kappa shape index (κ3) is 3.47. The summed E-state index contributed by atoms with van der Waals surface area (Å²) in [6, 6.07) is 4.34. The van der Waals surface area contributed by atoms with E-state index in [0.29, 0.717) is 25.6 Å². The maximum absolute atomic E-state index is 13.6. The van der Waals surface area contributed by atoms with Crippen LogP contribution in [0.25, 0.3) is 0 Å². The second-order valence-electron chi connectivity index (χ2n) is 5.17. The number of piperidine rings is 1. The van der Waals surface area contributed by atoms with E-state index in [9.17, 15) is 12.8 Å². The van der Waals surface area contributed by atoms with Crippen molar-refractivity contribution in [2.45, 2.75) is 19.8 Å². The van der Waals surface area contributed by atoms with Crippen molar-refractivity contribution in [1.82, 2.24) is 4.31 Å². The van der Waals surface area contributed by atoms with Crippen molar-refractivity contribution in [1.29, 1.82) is 0 Å². The van der Waals surface area contributed by atoms with Gasteiger partial charge in [0.05, 0.1) is 5.69 Å². The van der Waals surface area contributed by atoms with E-state index in [4.69, 9.17) is 5.73 Å². The highest BCUT2D eigenvalue weighted by Gasteiger charge is 2.28. The topological polar surface area (TPSA) is 75.4 Å². The van der Waals surface area contributed by atoms with E-state index in [-0.39, 0.29) is 5.69 Å². The first-order valence-electron chi connectivity index (χ1n) is 6.66. The zero-order valence-electron chi connectivity index (χ0n) is 11.5. The van der Waals surface area contributed by atoms with Gasteiger partial charge in [-0.25, -0.2) is 4.39 Å². The van der Waals surface area contributed by atoms with Gasteiger partial charge in [0.1, 0.15) is 5.82 Å². The van der Waals surface area contributed by atoms with Gasteiger partial charge in [0, 0.05) is 13.1 Å². The zero-order chi connectivity index (χ0) is 14.8. The number of hydrogen-bond donors (Lipinski definition) is 2. The summed E-state index contributed by atoms with van der Waals surface area (Å²) in [5.41, 5.74) is 6.37. The van der Waals surface area contributed by atoms with E-state index in [1.807, 2.05) is 0 Å². The molecule has 7 heteroatoms. The standard InChI is InChI=1S/C13H20FN3O2S/c1-10-2-3-12(14)13(8-10)16-20(18,19)17-6-4-11(9-15)5-7-17/h2-3,8,11,16H,4-7,9,15H2,1H3. The van der Waals surface area contributed by atoms with Crippen molar-refractivity contribution in [2.24, 2.45) is 11.7 Å². The van der Waals surface area contributed by atoms with E-state index >= 15 is 0 Å². The van der Waals surface area contributed by atoms with Gasteiger partial charge in [-0.3, -0.25) is 4.72 Å². The second-order valence-corrected chi connectivity index (χ2v) is 6.84. The first-order valence-corrected chi connectivity index (χ1v) is 8.10. The van der Waals surface area contributed by atoms with E-state index < -0.39 is 16.0 Å². The lowest BCUT2D eigenvalue weighted by Crippen LogP contribution is -2.42. The molecule has 1 aromatic rings. The van der Waals surface area contributed by atoms with Gasteiger partial charge in [-0.2, -0.15) is 12.7 Å². The molecule has 1 aromatic carbocycles. The van der Waals surface area contributed by atoms with Gasteiger partial charge in [0.15, 0.2) is 0 Å². The molecular weight excluding hydrogens is 281 g/mol. The summed E-state index contributed by atoms with van der Waals surface area (Å²) in [5, 5.41) is 0. The average molecular weight is 301 g/mol. The monoisotopic (exact) mass is 301 g/mol. The molecule has 0 saturated carbocycles. The lowest BCUT2D eigenvalue weighted by atomic mass is 9.99. The molecule has 1 heterocycles. The molecule has 2 rings (SSSR count). The number of benzene rings is 1. The molecule has 0 radical (unpaired) electrons. The number of aryl methyl sites for hydroxylation is 1. The SMILES string of the molecule is Cc1ccc(F)c(NS(=O)(=O)N2CCC(CN)CC2)c1. The lowest BCUT2D eigenvalue weighted by Gasteiger charge is -2.30. The largest absolute Gasteiger partial charge is 0.330 e. The van der Waals surface area contributed by atoms with Crippen LogP contribution >= 0.6 is 0 Å². The molecule has 0 spiro atoms. The summed E-state index contributed by atoms with van der Waals surface area (Å²) in [5.74, 6) is -0.201. The van der Waals surface area contributed by atoms with Gasteiger partial charge < -0.3 is 5.73 Å². The minimum Gasteiger partial charge on any atom is -0.330 e. The predicted octanol–water partition coefficient (Wildman–Crippen LogP) is 1.46. The average Bonchev–Trinajstić information content (AvgIpc) is 2.43. The van der Waals surface area contributed by atoms with E-state index in [2.05, 4.69) is 4.72 Å². The first kappa shape index (κ1) is 15.2. The molecule has 0 atom stereocenters. The molecule has 20 heavy (non-hydrogen) atoms. The van der Waals surface area contributed by atoms with E-state index in [1.165, 1.54) is 16.4 Å². The van der Waals surface area contributed by atoms with Gasteiger partial charge >= 0.3 is 10.2 Å². The zero-order valence-corrected chi connectivity index (χ0v) is 12.3. The van der Waals surface area contributed by atoms with Crippen LogP contribution in [0.1, 0.15) is 18.4 Å². The summed E-state index contributed by atoms with van der Waals surface area (Å²) in [6.45, 7) is 3.20. The van der Waals surface area contributed by atoms with Gasteiger partial charge in [-0.15, -0.1) is 0 Å². The third-order valence-corrected chi connectivity index (χ3v) is 5.13. The first-order chi connectivity index (χ1) is 9.42. The fourth-order valence-corrected chi connectivity index (χ4v) is 3.56. The molecule has 0 unspecified atom stereocenters. The molecule has 112 valence electrons. The van der Waals surface area contributed by atoms with E-state index in [1.54, 1.807) is 13.0 Å². The normalized spacial score (nSPS) is 18.1. The van der Waals surface area contributed by atoms with Crippen LogP contribution in [0.15, 0.2) is 18.2 Å². The smallest absolute Gasteiger partial charge is 0.301 e. The molecule has 0 amide bonds. The molecule has 0 aliphatic carbocycles. The number of nitrogens with zero attached hydrogens (tertiary/aromatic N) is 1. The number of nitrogens with two attached hydrogens (primary N) is 1. The molecule has 3 N–H and O–H groups in total. The summed E-state index contributed by atoms with van der Waals surface area (Å²) in [6.07, 6.45) is 1.49. The van der Waals surface area contributed by atoms with Crippen LogP contribution in [-0.4, -0.2) is 32.4 Å². The van der Waals surface area contributed by atoms with Crippen molar-refractivity contribution in [3.63, 3.8) is 0 Å². The van der Waals surface area contributed by atoms with Crippen molar-refractivity contribution in [3.05, 3.63) is 29.6 Å². The Bertz CT molecular complexity index is 569. The summed E-state index contributed by atoms with van der Waals surface area (Å²) < 4.78 is 41.8.